The lowest BCUT2D eigenvalue weighted by atomic mass is 10.2. The normalized spacial score (nSPS) is 12.9. The molecular formula is C12H16BrNO4S. The Hall–Kier alpha value is -0.920. The fourth-order valence-electron chi connectivity index (χ4n) is 1.38. The number of nitrogens with one attached hydrogen (secondary N) is 1. The summed E-state index contributed by atoms with van der Waals surface area (Å²) in [5, 5.41) is 0. The molecule has 19 heavy (non-hydrogen) atoms. The summed E-state index contributed by atoms with van der Waals surface area (Å²) in [6.45, 7) is -0.0240. The third kappa shape index (κ3) is 6.17. The van der Waals surface area contributed by atoms with Crippen molar-refractivity contribution in [3.63, 3.8) is 0 Å². The first-order valence-corrected chi connectivity index (χ1v) is 8.24. The molecule has 0 heterocycles. The summed E-state index contributed by atoms with van der Waals surface area (Å²) in [4.78, 5) is 10.4. The second kappa shape index (κ2) is 7.62. The molecule has 7 heteroatoms. The quantitative estimate of drug-likeness (QED) is 0.590. The van der Waals surface area contributed by atoms with Crippen molar-refractivity contribution in [1.29, 1.82) is 0 Å². The van der Waals surface area contributed by atoms with Gasteiger partial charge in [-0.25, -0.2) is 13.1 Å². The third-order valence-corrected chi connectivity index (χ3v) is 4.49. The van der Waals surface area contributed by atoms with Gasteiger partial charge in [0.2, 0.25) is 10.0 Å². The molecule has 0 spiro atoms. The number of hydrogen-bond acceptors (Lipinski definition) is 4. The van der Waals surface area contributed by atoms with Crippen LogP contribution in [0.1, 0.15) is 5.56 Å². The van der Waals surface area contributed by atoms with Gasteiger partial charge < -0.3 is 4.74 Å². The molecule has 0 saturated carbocycles. The van der Waals surface area contributed by atoms with Crippen LogP contribution in [0, 0.1) is 0 Å². The molecule has 1 unspecified atom stereocenters. The molecule has 0 amide bonds. The largest absolute Gasteiger partial charge is 0.468 e. The van der Waals surface area contributed by atoms with Crippen molar-refractivity contribution >= 4 is 31.9 Å². The van der Waals surface area contributed by atoms with Crippen molar-refractivity contribution in [2.75, 3.05) is 19.4 Å². The van der Waals surface area contributed by atoms with Gasteiger partial charge in [-0.2, -0.15) is 0 Å². The van der Waals surface area contributed by atoms with Crippen LogP contribution >= 0.6 is 15.9 Å². The number of esters is 1. The summed E-state index contributed by atoms with van der Waals surface area (Å²) in [5.41, 5.74) is 0.955. The Morgan fingerprint density at radius 1 is 1.37 bits per heavy atom. The maximum Gasteiger partial charge on any atom is 0.320 e. The van der Waals surface area contributed by atoms with Crippen LogP contribution in [0.4, 0.5) is 0 Å². The number of sulfonamides is 1. The number of benzene rings is 1. The van der Waals surface area contributed by atoms with Crippen LogP contribution in [-0.2, 0) is 26.0 Å². The van der Waals surface area contributed by atoms with Crippen LogP contribution in [0.5, 0.6) is 0 Å². The molecule has 5 nitrogen and oxygen atoms in total. The molecule has 106 valence electrons. The van der Waals surface area contributed by atoms with E-state index in [-0.39, 0.29) is 12.3 Å². The number of methoxy groups -OCH3 is 1. The molecule has 1 aromatic carbocycles. The van der Waals surface area contributed by atoms with E-state index in [2.05, 4.69) is 25.4 Å². The molecule has 0 aromatic heterocycles. The minimum absolute atomic E-state index is 0.0160. The SMILES string of the molecule is COC(=O)C(Br)CNS(=O)(=O)CCc1ccccc1. The topological polar surface area (TPSA) is 72.5 Å². The Morgan fingerprint density at radius 3 is 2.58 bits per heavy atom. The van der Waals surface area contributed by atoms with Crippen LogP contribution in [-0.4, -0.2) is 38.6 Å². The van der Waals surface area contributed by atoms with Crippen molar-refractivity contribution in [3.05, 3.63) is 35.9 Å². The number of hydrogen-bond donors (Lipinski definition) is 1. The average molecular weight is 350 g/mol. The Labute approximate surface area is 121 Å². The smallest absolute Gasteiger partial charge is 0.320 e. The van der Waals surface area contributed by atoms with E-state index >= 15 is 0 Å². The van der Waals surface area contributed by atoms with Gasteiger partial charge in [-0.3, -0.25) is 4.79 Å². The lowest BCUT2D eigenvalue weighted by molar-refractivity contribution is -0.139. The van der Waals surface area contributed by atoms with Crippen LogP contribution in [0.2, 0.25) is 0 Å². The van der Waals surface area contributed by atoms with E-state index in [1.807, 2.05) is 30.3 Å². The van der Waals surface area contributed by atoms with Crippen molar-refractivity contribution in [3.8, 4) is 0 Å². The maximum atomic E-state index is 11.7. The molecule has 0 bridgehead atoms. The van der Waals surface area contributed by atoms with Gasteiger partial charge in [0.1, 0.15) is 4.83 Å². The minimum Gasteiger partial charge on any atom is -0.468 e. The van der Waals surface area contributed by atoms with Crippen LogP contribution < -0.4 is 4.72 Å². The lowest BCUT2D eigenvalue weighted by Crippen LogP contribution is -2.35. The van der Waals surface area contributed by atoms with E-state index in [4.69, 9.17) is 0 Å². The standard InChI is InChI=1S/C12H16BrNO4S/c1-18-12(15)11(13)9-14-19(16,17)8-7-10-5-3-2-4-6-10/h2-6,11,14H,7-9H2,1H3. The summed E-state index contributed by atoms with van der Waals surface area (Å²) in [6, 6.07) is 9.35. The first-order valence-electron chi connectivity index (χ1n) is 5.68. The number of aryl methyl sites for hydroxylation is 1. The molecule has 0 fully saturated rings. The average Bonchev–Trinajstić information content (AvgIpc) is 2.43. The fourth-order valence-corrected chi connectivity index (χ4v) is 3.01. The first kappa shape index (κ1) is 16.1. The minimum atomic E-state index is -3.40. The zero-order valence-corrected chi connectivity index (χ0v) is 12.9. The van der Waals surface area contributed by atoms with E-state index in [9.17, 15) is 13.2 Å². The Kier molecular flexibility index (Phi) is 6.47. The Bertz CT molecular complexity index is 504. The van der Waals surface area contributed by atoms with Gasteiger partial charge in [-0.1, -0.05) is 46.3 Å². The molecule has 1 aromatic rings. The van der Waals surface area contributed by atoms with Crippen molar-refractivity contribution < 1.29 is 17.9 Å². The van der Waals surface area contributed by atoms with E-state index in [1.165, 1.54) is 7.11 Å². The summed E-state index contributed by atoms with van der Waals surface area (Å²) in [5.74, 6) is -0.525. The van der Waals surface area contributed by atoms with Crippen molar-refractivity contribution in [2.45, 2.75) is 11.2 Å². The predicted octanol–water partition coefficient (Wildman–Crippen LogP) is 1.08. The highest BCUT2D eigenvalue weighted by molar-refractivity contribution is 9.10. The molecule has 1 N–H and O–H groups in total. The van der Waals surface area contributed by atoms with Gasteiger partial charge in [0.15, 0.2) is 0 Å². The van der Waals surface area contributed by atoms with E-state index in [1.54, 1.807) is 0 Å². The Balaban J connectivity index is 2.42. The highest BCUT2D eigenvalue weighted by atomic mass is 79.9. The van der Waals surface area contributed by atoms with Gasteiger partial charge >= 0.3 is 5.97 Å². The molecule has 0 aliphatic carbocycles. The van der Waals surface area contributed by atoms with Gasteiger partial charge in [-0.15, -0.1) is 0 Å². The van der Waals surface area contributed by atoms with Gasteiger partial charge in [0.25, 0.3) is 0 Å². The number of alkyl halides is 1. The molecule has 0 radical (unpaired) electrons. The second-order valence-corrected chi connectivity index (χ2v) is 6.93. The zero-order chi connectivity index (χ0) is 14.3. The van der Waals surface area contributed by atoms with Crippen LogP contribution in [0.15, 0.2) is 30.3 Å². The maximum absolute atomic E-state index is 11.7. The summed E-state index contributed by atoms with van der Waals surface area (Å²) in [6.07, 6.45) is 0.432. The van der Waals surface area contributed by atoms with Gasteiger partial charge in [0.05, 0.1) is 12.9 Å². The Morgan fingerprint density at radius 2 is 2.00 bits per heavy atom. The molecule has 1 rings (SSSR count). The predicted molar refractivity (Wildman–Crippen MR) is 76.7 cm³/mol. The molecular weight excluding hydrogens is 334 g/mol. The van der Waals surface area contributed by atoms with E-state index in [0.29, 0.717) is 6.42 Å². The zero-order valence-electron chi connectivity index (χ0n) is 10.5. The summed E-state index contributed by atoms with van der Waals surface area (Å²) >= 11 is 3.05. The molecule has 0 aliphatic heterocycles. The van der Waals surface area contributed by atoms with Crippen LogP contribution in [0.25, 0.3) is 0 Å². The molecule has 1 atom stereocenters. The van der Waals surface area contributed by atoms with Crippen molar-refractivity contribution in [2.24, 2.45) is 0 Å². The number of rotatable bonds is 7. The van der Waals surface area contributed by atoms with E-state index in [0.717, 1.165) is 5.56 Å². The first-order chi connectivity index (χ1) is 8.94. The number of carbonyl (C=O) groups excluding carboxylic acids is 1. The molecule has 0 saturated heterocycles. The fraction of sp³-hybridized carbons (Fsp3) is 0.417. The monoisotopic (exact) mass is 349 g/mol. The van der Waals surface area contributed by atoms with Crippen molar-refractivity contribution in [1.82, 2.24) is 4.72 Å². The van der Waals surface area contributed by atoms with Gasteiger partial charge in [-0.05, 0) is 12.0 Å². The number of ether oxygens (including phenoxy) is 1. The third-order valence-electron chi connectivity index (χ3n) is 2.44. The molecule has 0 aliphatic rings. The summed E-state index contributed by atoms with van der Waals surface area (Å²) < 4.78 is 30.3. The van der Waals surface area contributed by atoms with Crippen LogP contribution in [0.3, 0.4) is 0 Å². The lowest BCUT2D eigenvalue weighted by Gasteiger charge is -2.10. The van der Waals surface area contributed by atoms with Gasteiger partial charge in [0, 0.05) is 6.54 Å². The number of carbonyl (C=O) groups is 1. The highest BCUT2D eigenvalue weighted by Crippen LogP contribution is 2.03. The highest BCUT2D eigenvalue weighted by Gasteiger charge is 2.18. The second-order valence-electron chi connectivity index (χ2n) is 3.89. The van der Waals surface area contributed by atoms with E-state index < -0.39 is 20.8 Å². The number of halogens is 1. The summed E-state index contributed by atoms with van der Waals surface area (Å²) in [7, 11) is -2.15.